The number of hydrazine groups is 1. The van der Waals surface area contributed by atoms with Gasteiger partial charge in [0.15, 0.2) is 0 Å². The highest BCUT2D eigenvalue weighted by atomic mass is 127. The topological polar surface area (TPSA) is 101 Å². The normalized spacial score (nSPS) is 10.0. The number of nitro benzene ring substituents is 1. The molecule has 0 radical (unpaired) electrons. The molecule has 2 N–H and O–H groups in total. The Morgan fingerprint density at radius 2 is 1.52 bits per heavy atom. The molecule has 0 saturated heterocycles. The number of non-ortho nitro benzene ring substituents is 1. The Balaban J connectivity index is 1.99. The van der Waals surface area contributed by atoms with E-state index in [0.717, 1.165) is 9.13 Å². The van der Waals surface area contributed by atoms with Gasteiger partial charge in [0.2, 0.25) is 0 Å². The molecule has 0 aliphatic carbocycles. The number of nitrogens with one attached hydrogen (secondary N) is 2. The van der Waals surface area contributed by atoms with Crippen LogP contribution in [0.5, 0.6) is 0 Å². The van der Waals surface area contributed by atoms with Gasteiger partial charge in [-0.25, -0.2) is 0 Å². The number of nitro groups is 1. The molecule has 2 aromatic carbocycles. The van der Waals surface area contributed by atoms with Gasteiger partial charge in [0, 0.05) is 26.8 Å². The predicted octanol–water partition coefficient (Wildman–Crippen LogP) is 2.58. The lowest BCUT2D eigenvalue weighted by molar-refractivity contribution is -0.384. The molecule has 8 heteroatoms. The first-order valence-electron chi connectivity index (χ1n) is 6.50. The van der Waals surface area contributed by atoms with Crippen molar-refractivity contribution < 1.29 is 14.5 Å². The molecule has 0 bridgehead atoms. The lowest BCUT2D eigenvalue weighted by Crippen LogP contribution is -2.41. The number of amides is 2. The van der Waals surface area contributed by atoms with E-state index in [2.05, 4.69) is 33.4 Å². The van der Waals surface area contributed by atoms with Crippen LogP contribution in [0, 0.1) is 20.6 Å². The number of benzene rings is 2. The number of aryl methyl sites for hydroxylation is 1. The van der Waals surface area contributed by atoms with E-state index in [0.29, 0.717) is 5.56 Å². The van der Waals surface area contributed by atoms with Gasteiger partial charge in [-0.05, 0) is 59.3 Å². The second-order valence-electron chi connectivity index (χ2n) is 4.68. The van der Waals surface area contributed by atoms with Gasteiger partial charge < -0.3 is 0 Å². The van der Waals surface area contributed by atoms with E-state index in [-0.39, 0.29) is 11.3 Å². The number of hydrogen-bond donors (Lipinski definition) is 2. The summed E-state index contributed by atoms with van der Waals surface area (Å²) in [5.41, 5.74) is 6.14. The molecule has 0 aliphatic rings. The highest BCUT2D eigenvalue weighted by Gasteiger charge is 2.11. The van der Waals surface area contributed by atoms with Crippen LogP contribution in [0.1, 0.15) is 26.3 Å². The number of nitrogens with zero attached hydrogens (tertiary/aromatic N) is 1. The van der Waals surface area contributed by atoms with Gasteiger partial charge in [-0.1, -0.05) is 6.07 Å². The van der Waals surface area contributed by atoms with Crippen molar-refractivity contribution in [1.29, 1.82) is 0 Å². The molecule has 23 heavy (non-hydrogen) atoms. The summed E-state index contributed by atoms with van der Waals surface area (Å²) in [4.78, 5) is 33.9. The van der Waals surface area contributed by atoms with Crippen LogP contribution in [0.25, 0.3) is 0 Å². The van der Waals surface area contributed by atoms with Gasteiger partial charge in [0.05, 0.1) is 4.92 Å². The van der Waals surface area contributed by atoms with E-state index in [9.17, 15) is 19.7 Å². The third kappa shape index (κ3) is 4.25. The molecule has 2 rings (SSSR count). The summed E-state index contributed by atoms with van der Waals surface area (Å²) in [6.07, 6.45) is 0. The summed E-state index contributed by atoms with van der Waals surface area (Å²) < 4.78 is 0.942. The van der Waals surface area contributed by atoms with E-state index in [4.69, 9.17) is 0 Å². The Morgan fingerprint density at radius 3 is 2.04 bits per heavy atom. The van der Waals surface area contributed by atoms with Crippen LogP contribution in [-0.2, 0) is 0 Å². The van der Waals surface area contributed by atoms with Crippen LogP contribution in [0.3, 0.4) is 0 Å². The number of rotatable bonds is 3. The molecule has 0 heterocycles. The van der Waals surface area contributed by atoms with Crippen LogP contribution < -0.4 is 10.9 Å². The van der Waals surface area contributed by atoms with E-state index in [1.165, 1.54) is 24.3 Å². The van der Waals surface area contributed by atoms with Gasteiger partial charge in [0.25, 0.3) is 17.5 Å². The number of hydrogen-bond acceptors (Lipinski definition) is 4. The van der Waals surface area contributed by atoms with Crippen LogP contribution in [0.4, 0.5) is 5.69 Å². The first-order chi connectivity index (χ1) is 10.9. The second-order valence-corrected chi connectivity index (χ2v) is 5.84. The molecule has 2 amide bonds. The monoisotopic (exact) mass is 425 g/mol. The highest BCUT2D eigenvalue weighted by Crippen LogP contribution is 2.13. The highest BCUT2D eigenvalue weighted by molar-refractivity contribution is 14.1. The Bertz CT molecular complexity index is 775. The molecule has 0 atom stereocenters. The van der Waals surface area contributed by atoms with Crippen molar-refractivity contribution in [2.24, 2.45) is 0 Å². The number of carbonyl (C=O) groups is 2. The number of halogens is 1. The lowest BCUT2D eigenvalue weighted by atomic mass is 10.1. The minimum Gasteiger partial charge on any atom is -0.267 e. The molecule has 0 aliphatic heterocycles. The van der Waals surface area contributed by atoms with Crippen LogP contribution in [0.2, 0.25) is 0 Å². The van der Waals surface area contributed by atoms with Crippen molar-refractivity contribution in [3.05, 3.63) is 72.8 Å². The largest absolute Gasteiger partial charge is 0.269 e. The van der Waals surface area contributed by atoms with Crippen molar-refractivity contribution in [2.45, 2.75) is 6.92 Å². The van der Waals surface area contributed by atoms with Gasteiger partial charge in [-0.15, -0.1) is 0 Å². The average molecular weight is 425 g/mol. The Morgan fingerprint density at radius 1 is 1.00 bits per heavy atom. The Labute approximate surface area is 145 Å². The van der Waals surface area contributed by atoms with Gasteiger partial charge in [-0.2, -0.15) is 0 Å². The van der Waals surface area contributed by atoms with E-state index in [1.54, 1.807) is 12.1 Å². The van der Waals surface area contributed by atoms with Gasteiger partial charge >= 0.3 is 0 Å². The lowest BCUT2D eigenvalue weighted by Gasteiger charge is -2.08. The zero-order valence-corrected chi connectivity index (χ0v) is 14.2. The third-order valence-corrected chi connectivity index (χ3v) is 4.23. The maximum Gasteiger partial charge on any atom is 0.269 e. The van der Waals surface area contributed by atoms with Crippen LogP contribution in [0.15, 0.2) is 42.5 Å². The molecular formula is C15H12IN3O4. The van der Waals surface area contributed by atoms with Crippen molar-refractivity contribution in [2.75, 3.05) is 0 Å². The Kier molecular flexibility index (Phi) is 5.27. The summed E-state index contributed by atoms with van der Waals surface area (Å²) in [5, 5.41) is 10.6. The van der Waals surface area contributed by atoms with Crippen molar-refractivity contribution in [3.8, 4) is 0 Å². The quantitative estimate of drug-likeness (QED) is 0.449. The molecule has 0 aromatic heterocycles. The number of carbonyl (C=O) groups excluding carboxylic acids is 2. The SMILES string of the molecule is Cc1ccc(C(=O)NNC(=O)c2ccc([N+](=O)[O-])cc2)cc1I. The van der Waals surface area contributed by atoms with Gasteiger partial charge in [-0.3, -0.25) is 30.6 Å². The third-order valence-electron chi connectivity index (χ3n) is 3.06. The summed E-state index contributed by atoms with van der Waals surface area (Å²) in [7, 11) is 0. The fraction of sp³-hybridized carbons (Fsp3) is 0.0667. The van der Waals surface area contributed by atoms with E-state index >= 15 is 0 Å². The first kappa shape index (κ1) is 16.9. The summed E-state index contributed by atoms with van der Waals surface area (Å²) >= 11 is 2.12. The second kappa shape index (κ2) is 7.18. The molecule has 118 valence electrons. The van der Waals surface area contributed by atoms with Gasteiger partial charge in [0.1, 0.15) is 0 Å². The minimum atomic E-state index is -0.560. The van der Waals surface area contributed by atoms with Crippen LogP contribution >= 0.6 is 22.6 Å². The predicted molar refractivity (Wildman–Crippen MR) is 91.9 cm³/mol. The van der Waals surface area contributed by atoms with Crippen molar-refractivity contribution >= 4 is 40.1 Å². The molecule has 0 spiro atoms. The first-order valence-corrected chi connectivity index (χ1v) is 7.57. The average Bonchev–Trinajstić information content (AvgIpc) is 2.54. The summed E-state index contributed by atoms with van der Waals surface area (Å²) in [5.74, 6) is -1.01. The molecule has 7 nitrogen and oxygen atoms in total. The van der Waals surface area contributed by atoms with E-state index in [1.807, 2.05) is 13.0 Å². The standard InChI is InChI=1S/C15H12IN3O4/c1-9-2-3-11(8-13(9)16)15(21)18-17-14(20)10-4-6-12(7-5-10)19(22)23/h2-8H,1H3,(H,17,20)(H,18,21). The summed E-state index contributed by atoms with van der Waals surface area (Å²) in [6.45, 7) is 1.93. The smallest absolute Gasteiger partial charge is 0.267 e. The fourth-order valence-corrected chi connectivity index (χ4v) is 2.24. The zero-order chi connectivity index (χ0) is 17.0. The van der Waals surface area contributed by atoms with E-state index < -0.39 is 16.7 Å². The van der Waals surface area contributed by atoms with Crippen molar-refractivity contribution in [3.63, 3.8) is 0 Å². The van der Waals surface area contributed by atoms with Crippen molar-refractivity contribution in [1.82, 2.24) is 10.9 Å². The maximum atomic E-state index is 12.0. The summed E-state index contributed by atoms with van der Waals surface area (Å²) in [6, 6.07) is 10.3. The fourth-order valence-electron chi connectivity index (χ4n) is 1.73. The molecular weight excluding hydrogens is 413 g/mol. The molecule has 0 saturated carbocycles. The maximum absolute atomic E-state index is 12.0. The molecule has 0 fully saturated rings. The zero-order valence-electron chi connectivity index (χ0n) is 12.0. The molecule has 0 unspecified atom stereocenters. The Hall–Kier alpha value is -2.49. The minimum absolute atomic E-state index is 0.111. The van der Waals surface area contributed by atoms with Crippen LogP contribution in [-0.4, -0.2) is 16.7 Å². The molecule has 2 aromatic rings.